The summed E-state index contributed by atoms with van der Waals surface area (Å²) < 4.78 is 0. The van der Waals surface area contributed by atoms with Gasteiger partial charge in [0.2, 0.25) is 5.91 Å². The second-order valence-corrected chi connectivity index (χ2v) is 5.99. The molecule has 0 bridgehead atoms. The van der Waals surface area contributed by atoms with E-state index in [9.17, 15) is 4.79 Å². The Kier molecular flexibility index (Phi) is 3.24. The molecule has 1 saturated carbocycles. The first-order valence-electron chi connectivity index (χ1n) is 6.54. The van der Waals surface area contributed by atoms with Crippen LogP contribution in [-0.4, -0.2) is 30.4 Å². The van der Waals surface area contributed by atoms with E-state index in [-0.39, 0.29) is 5.41 Å². The molecule has 0 radical (unpaired) electrons. The van der Waals surface area contributed by atoms with Crippen molar-refractivity contribution >= 4 is 5.91 Å². The molecular formula is C13H24N2O. The molecule has 3 heteroatoms. The van der Waals surface area contributed by atoms with Gasteiger partial charge >= 0.3 is 0 Å². The molecule has 3 nitrogen and oxygen atoms in total. The molecule has 2 N–H and O–H groups in total. The predicted molar refractivity (Wildman–Crippen MR) is 64.9 cm³/mol. The normalized spacial score (nSPS) is 32.6. The minimum Gasteiger partial charge on any atom is -0.342 e. The van der Waals surface area contributed by atoms with Gasteiger partial charge in [-0.3, -0.25) is 4.79 Å². The molecule has 0 aromatic rings. The predicted octanol–water partition coefficient (Wildman–Crippen LogP) is 1.62. The lowest BCUT2D eigenvalue weighted by atomic mass is 9.66. The van der Waals surface area contributed by atoms with Crippen LogP contribution in [0.4, 0.5) is 0 Å². The smallest absolute Gasteiger partial charge is 0.223 e. The zero-order valence-electron chi connectivity index (χ0n) is 10.5. The summed E-state index contributed by atoms with van der Waals surface area (Å²) in [6.07, 6.45) is 4.22. The summed E-state index contributed by atoms with van der Waals surface area (Å²) in [5.74, 6) is 1.64. The van der Waals surface area contributed by atoms with Gasteiger partial charge in [-0.2, -0.15) is 0 Å². The monoisotopic (exact) mass is 224 g/mol. The topological polar surface area (TPSA) is 46.3 Å². The van der Waals surface area contributed by atoms with Gasteiger partial charge in [0, 0.05) is 19.5 Å². The molecule has 0 aromatic heterocycles. The van der Waals surface area contributed by atoms with E-state index < -0.39 is 0 Å². The number of hydrogen-bond donors (Lipinski definition) is 1. The van der Waals surface area contributed by atoms with Crippen LogP contribution in [0.15, 0.2) is 0 Å². The van der Waals surface area contributed by atoms with E-state index in [1.54, 1.807) is 0 Å². The number of amides is 1. The quantitative estimate of drug-likeness (QED) is 0.792. The molecule has 0 spiro atoms. The summed E-state index contributed by atoms with van der Waals surface area (Å²) in [4.78, 5) is 14.2. The number of rotatable bonds is 3. The van der Waals surface area contributed by atoms with Crippen molar-refractivity contribution in [1.82, 2.24) is 4.90 Å². The van der Waals surface area contributed by atoms with Gasteiger partial charge < -0.3 is 10.6 Å². The van der Waals surface area contributed by atoms with Crippen LogP contribution in [0, 0.1) is 17.3 Å². The number of nitrogens with two attached hydrogens (primary N) is 1. The van der Waals surface area contributed by atoms with E-state index in [0.29, 0.717) is 30.7 Å². The van der Waals surface area contributed by atoms with E-state index in [0.717, 1.165) is 25.9 Å². The molecule has 16 heavy (non-hydrogen) atoms. The van der Waals surface area contributed by atoms with Crippen LogP contribution in [-0.2, 0) is 4.79 Å². The van der Waals surface area contributed by atoms with Crippen molar-refractivity contribution in [3.05, 3.63) is 0 Å². The van der Waals surface area contributed by atoms with Crippen LogP contribution in [0.5, 0.6) is 0 Å². The maximum atomic E-state index is 12.2. The van der Waals surface area contributed by atoms with Crippen molar-refractivity contribution in [2.45, 2.75) is 39.5 Å². The van der Waals surface area contributed by atoms with Crippen molar-refractivity contribution < 1.29 is 4.79 Å². The van der Waals surface area contributed by atoms with Crippen LogP contribution in [0.25, 0.3) is 0 Å². The molecule has 92 valence electrons. The molecule has 2 rings (SSSR count). The lowest BCUT2D eigenvalue weighted by Crippen LogP contribution is -2.42. The molecule has 2 fully saturated rings. The Balaban J connectivity index is 1.89. The second-order valence-electron chi connectivity index (χ2n) is 5.99. The highest BCUT2D eigenvalue weighted by Crippen LogP contribution is 2.43. The molecule has 0 aromatic carbocycles. The highest BCUT2D eigenvalue weighted by molar-refractivity contribution is 5.77. The summed E-state index contributed by atoms with van der Waals surface area (Å²) in [5, 5.41) is 0. The molecule has 1 amide bonds. The third-order valence-corrected chi connectivity index (χ3v) is 4.71. The van der Waals surface area contributed by atoms with Crippen LogP contribution in [0.2, 0.25) is 0 Å². The molecule has 1 heterocycles. The summed E-state index contributed by atoms with van der Waals surface area (Å²) >= 11 is 0. The number of hydrogen-bond acceptors (Lipinski definition) is 2. The van der Waals surface area contributed by atoms with Gasteiger partial charge in [-0.1, -0.05) is 20.3 Å². The Morgan fingerprint density at radius 3 is 2.25 bits per heavy atom. The fourth-order valence-electron chi connectivity index (χ4n) is 2.90. The number of nitrogens with zero attached hydrogens (tertiary/aromatic N) is 1. The maximum absolute atomic E-state index is 12.2. The third-order valence-electron chi connectivity index (χ3n) is 4.71. The molecule has 1 aliphatic heterocycles. The van der Waals surface area contributed by atoms with E-state index >= 15 is 0 Å². The number of likely N-dealkylation sites (tertiary alicyclic amines) is 1. The lowest BCUT2D eigenvalue weighted by molar-refractivity contribution is -0.134. The second kappa shape index (κ2) is 4.36. The minimum absolute atomic E-state index is 0.159. The Labute approximate surface area is 98.4 Å². The van der Waals surface area contributed by atoms with Crippen molar-refractivity contribution in [2.75, 3.05) is 19.6 Å². The lowest BCUT2D eigenvalue weighted by Gasteiger charge is -2.41. The van der Waals surface area contributed by atoms with Crippen molar-refractivity contribution in [3.8, 4) is 0 Å². The first-order chi connectivity index (χ1) is 7.56. The Hall–Kier alpha value is -0.570. The van der Waals surface area contributed by atoms with Gasteiger partial charge in [0.25, 0.3) is 0 Å². The molecule has 2 unspecified atom stereocenters. The van der Waals surface area contributed by atoms with Crippen molar-refractivity contribution in [1.29, 1.82) is 0 Å². The van der Waals surface area contributed by atoms with Crippen LogP contribution < -0.4 is 5.73 Å². The highest BCUT2D eigenvalue weighted by atomic mass is 16.2. The standard InChI is InChI=1S/C13H24N2O/c1-10-7-15(8-11(10)2)12(16)6-13(9-14)4-3-5-13/h10-11H,3-9,14H2,1-2H3. The molecular weight excluding hydrogens is 200 g/mol. The zero-order chi connectivity index (χ0) is 11.8. The molecule has 1 aliphatic carbocycles. The SMILES string of the molecule is CC1CN(C(=O)CC2(CN)CCC2)CC1C. The minimum atomic E-state index is 0.159. The van der Waals surface area contributed by atoms with Gasteiger partial charge in [-0.25, -0.2) is 0 Å². The highest BCUT2D eigenvalue weighted by Gasteiger charge is 2.40. The first-order valence-corrected chi connectivity index (χ1v) is 6.54. The van der Waals surface area contributed by atoms with Crippen LogP contribution in [0.3, 0.4) is 0 Å². The molecule has 1 saturated heterocycles. The van der Waals surface area contributed by atoms with Gasteiger partial charge in [-0.15, -0.1) is 0 Å². The maximum Gasteiger partial charge on any atom is 0.223 e. The number of carbonyl (C=O) groups is 1. The average Bonchev–Trinajstić information content (AvgIpc) is 2.53. The van der Waals surface area contributed by atoms with Crippen molar-refractivity contribution in [3.63, 3.8) is 0 Å². The summed E-state index contributed by atoms with van der Waals surface area (Å²) in [6.45, 7) is 7.04. The first kappa shape index (κ1) is 11.9. The van der Waals surface area contributed by atoms with Gasteiger partial charge in [0.1, 0.15) is 0 Å². The van der Waals surface area contributed by atoms with Crippen LogP contribution >= 0.6 is 0 Å². The van der Waals surface area contributed by atoms with E-state index in [4.69, 9.17) is 5.73 Å². The van der Waals surface area contributed by atoms with Crippen LogP contribution in [0.1, 0.15) is 39.5 Å². The van der Waals surface area contributed by atoms with Gasteiger partial charge in [-0.05, 0) is 36.6 Å². The summed E-state index contributed by atoms with van der Waals surface area (Å²) in [6, 6.07) is 0. The fraction of sp³-hybridized carbons (Fsp3) is 0.923. The summed E-state index contributed by atoms with van der Waals surface area (Å²) in [7, 11) is 0. The van der Waals surface area contributed by atoms with Gasteiger partial charge in [0.05, 0.1) is 0 Å². The Bertz CT molecular complexity index is 258. The third kappa shape index (κ3) is 2.10. The Morgan fingerprint density at radius 1 is 1.31 bits per heavy atom. The fourth-order valence-corrected chi connectivity index (χ4v) is 2.90. The van der Waals surface area contributed by atoms with E-state index in [1.165, 1.54) is 6.42 Å². The number of carbonyl (C=O) groups excluding carboxylic acids is 1. The molecule has 2 atom stereocenters. The zero-order valence-corrected chi connectivity index (χ0v) is 10.5. The van der Waals surface area contributed by atoms with E-state index in [2.05, 4.69) is 13.8 Å². The largest absolute Gasteiger partial charge is 0.342 e. The Morgan fingerprint density at radius 2 is 1.88 bits per heavy atom. The molecule has 2 aliphatic rings. The van der Waals surface area contributed by atoms with Gasteiger partial charge in [0.15, 0.2) is 0 Å². The van der Waals surface area contributed by atoms with E-state index in [1.807, 2.05) is 4.90 Å². The van der Waals surface area contributed by atoms with Crippen molar-refractivity contribution in [2.24, 2.45) is 23.0 Å². The summed E-state index contributed by atoms with van der Waals surface area (Å²) in [5.41, 5.74) is 5.96. The average molecular weight is 224 g/mol.